The summed E-state index contributed by atoms with van der Waals surface area (Å²) in [5.41, 5.74) is 7.37. The molecule has 2 amide bonds. The normalized spacial score (nSPS) is 17.7. The van der Waals surface area contributed by atoms with Gasteiger partial charge in [0.2, 0.25) is 11.0 Å². The van der Waals surface area contributed by atoms with Crippen molar-refractivity contribution in [3.8, 4) is 0 Å². The summed E-state index contributed by atoms with van der Waals surface area (Å²) in [6.07, 6.45) is 4.30. The van der Waals surface area contributed by atoms with Crippen LogP contribution in [0.15, 0.2) is 17.9 Å². The topological polar surface area (TPSA) is 127 Å². The van der Waals surface area contributed by atoms with Gasteiger partial charge in [-0.25, -0.2) is 9.97 Å². The van der Waals surface area contributed by atoms with Gasteiger partial charge in [0.15, 0.2) is 11.5 Å². The van der Waals surface area contributed by atoms with Gasteiger partial charge < -0.3 is 16.0 Å². The van der Waals surface area contributed by atoms with Gasteiger partial charge in [-0.15, -0.1) is 10.2 Å². The van der Waals surface area contributed by atoms with Gasteiger partial charge in [-0.2, -0.15) is 0 Å². The average Bonchev–Trinajstić information content (AvgIpc) is 3.08. The summed E-state index contributed by atoms with van der Waals surface area (Å²) in [5, 5.41) is 10.6. The molecule has 9 nitrogen and oxygen atoms in total. The van der Waals surface area contributed by atoms with Crippen molar-refractivity contribution in [2.75, 3.05) is 24.1 Å². The molecule has 3 N–H and O–H groups in total. The van der Waals surface area contributed by atoms with Crippen LogP contribution in [0.4, 0.5) is 10.9 Å². The van der Waals surface area contributed by atoms with Gasteiger partial charge in [0.05, 0.1) is 5.92 Å². The van der Waals surface area contributed by atoms with E-state index < -0.39 is 0 Å². The highest BCUT2D eigenvalue weighted by Crippen LogP contribution is 2.21. The predicted molar refractivity (Wildman–Crippen MR) is 83.6 cm³/mol. The number of hydrogen-bond donors (Lipinski definition) is 2. The Kier molecular flexibility index (Phi) is 4.42. The Bertz CT molecular complexity index is 706. The summed E-state index contributed by atoms with van der Waals surface area (Å²) in [5.74, 6) is -0.664. The molecular weight excluding hydrogens is 318 g/mol. The monoisotopic (exact) mass is 333 g/mol. The van der Waals surface area contributed by atoms with Crippen LogP contribution in [0.2, 0.25) is 0 Å². The summed E-state index contributed by atoms with van der Waals surface area (Å²) in [7, 11) is 0. The lowest BCUT2D eigenvalue weighted by Crippen LogP contribution is -2.44. The first-order valence-electron chi connectivity index (χ1n) is 7.08. The van der Waals surface area contributed by atoms with Gasteiger partial charge in [0, 0.05) is 25.5 Å². The molecule has 2 aromatic rings. The maximum atomic E-state index is 12.5. The molecule has 1 saturated heterocycles. The first kappa shape index (κ1) is 15.3. The number of likely N-dealkylation sites (tertiary alicyclic amines) is 1. The van der Waals surface area contributed by atoms with E-state index in [2.05, 4.69) is 25.5 Å². The standard InChI is InChI=1S/C13H15N7O2S/c14-10-9(15-3-4-16-10)12(22)20-5-1-2-8(6-20)11(21)18-13-19-17-7-23-13/h3-4,7-8H,1-2,5-6H2,(H2,14,16)(H,18,19,21)/t8-/m0/s1. The number of piperidine rings is 1. The molecule has 23 heavy (non-hydrogen) atoms. The number of amides is 2. The molecular formula is C13H15N7O2S. The Balaban J connectivity index is 1.67. The minimum absolute atomic E-state index is 0.0953. The third-order valence-corrected chi connectivity index (χ3v) is 4.21. The van der Waals surface area contributed by atoms with Crippen LogP contribution in [0.5, 0.6) is 0 Å². The lowest BCUT2D eigenvalue weighted by molar-refractivity contribution is -0.121. The van der Waals surface area contributed by atoms with E-state index in [9.17, 15) is 9.59 Å². The molecule has 1 atom stereocenters. The first-order chi connectivity index (χ1) is 11.1. The second-order valence-corrected chi connectivity index (χ2v) is 5.95. The number of carbonyl (C=O) groups is 2. The van der Waals surface area contributed by atoms with Crippen molar-refractivity contribution >= 4 is 34.1 Å². The fraction of sp³-hybridized carbons (Fsp3) is 0.385. The van der Waals surface area contributed by atoms with E-state index in [1.807, 2.05) is 0 Å². The highest BCUT2D eigenvalue weighted by atomic mass is 32.1. The summed E-state index contributed by atoms with van der Waals surface area (Å²) in [6.45, 7) is 0.886. The van der Waals surface area contributed by atoms with E-state index >= 15 is 0 Å². The second-order valence-electron chi connectivity index (χ2n) is 5.11. The maximum Gasteiger partial charge on any atom is 0.276 e. The zero-order valence-electron chi connectivity index (χ0n) is 12.2. The Hall–Kier alpha value is -2.62. The van der Waals surface area contributed by atoms with Crippen molar-refractivity contribution in [2.45, 2.75) is 12.8 Å². The number of anilines is 2. The van der Waals surface area contributed by atoms with Crippen LogP contribution in [0.1, 0.15) is 23.3 Å². The van der Waals surface area contributed by atoms with Gasteiger partial charge >= 0.3 is 0 Å². The van der Waals surface area contributed by atoms with Crippen LogP contribution in [0.3, 0.4) is 0 Å². The number of nitrogens with zero attached hydrogens (tertiary/aromatic N) is 5. The summed E-state index contributed by atoms with van der Waals surface area (Å²) < 4.78 is 0. The van der Waals surface area contributed by atoms with Crippen LogP contribution in [-0.4, -0.2) is 50.0 Å². The smallest absolute Gasteiger partial charge is 0.276 e. The van der Waals surface area contributed by atoms with Crippen molar-refractivity contribution in [1.82, 2.24) is 25.1 Å². The number of nitrogen functional groups attached to an aromatic ring is 1. The Morgan fingerprint density at radius 2 is 2.17 bits per heavy atom. The number of nitrogens with one attached hydrogen (secondary N) is 1. The molecule has 1 aliphatic rings. The number of nitrogens with two attached hydrogens (primary N) is 1. The number of aromatic nitrogens is 4. The minimum atomic E-state index is -0.302. The zero-order valence-corrected chi connectivity index (χ0v) is 13.0. The van der Waals surface area contributed by atoms with E-state index in [-0.39, 0.29) is 29.2 Å². The molecule has 0 aliphatic carbocycles. The molecule has 1 aliphatic heterocycles. The first-order valence-corrected chi connectivity index (χ1v) is 7.96. The van der Waals surface area contributed by atoms with Gasteiger partial charge in [-0.1, -0.05) is 11.3 Å². The molecule has 0 saturated carbocycles. The minimum Gasteiger partial charge on any atom is -0.382 e. The molecule has 0 aromatic carbocycles. The summed E-state index contributed by atoms with van der Waals surface area (Å²) >= 11 is 1.25. The molecule has 0 radical (unpaired) electrons. The maximum absolute atomic E-state index is 12.5. The Labute approximate surface area is 135 Å². The molecule has 0 unspecified atom stereocenters. The van der Waals surface area contributed by atoms with Crippen molar-refractivity contribution < 1.29 is 9.59 Å². The fourth-order valence-electron chi connectivity index (χ4n) is 2.47. The largest absolute Gasteiger partial charge is 0.382 e. The van der Waals surface area contributed by atoms with Gasteiger partial charge in [-0.05, 0) is 12.8 Å². The molecule has 10 heteroatoms. The third-order valence-electron chi connectivity index (χ3n) is 3.60. The van der Waals surface area contributed by atoms with Crippen molar-refractivity contribution in [3.05, 3.63) is 23.6 Å². The van der Waals surface area contributed by atoms with Crippen LogP contribution in [0.25, 0.3) is 0 Å². The predicted octanol–water partition coefficient (Wildman–Crippen LogP) is 0.401. The summed E-state index contributed by atoms with van der Waals surface area (Å²) in [4.78, 5) is 34.2. The molecule has 3 rings (SSSR count). The van der Waals surface area contributed by atoms with Crippen molar-refractivity contribution in [3.63, 3.8) is 0 Å². The van der Waals surface area contributed by atoms with Gasteiger partial charge in [0.1, 0.15) is 5.51 Å². The van der Waals surface area contributed by atoms with E-state index in [1.54, 1.807) is 10.4 Å². The SMILES string of the molecule is Nc1nccnc1C(=O)N1CCC[C@H](C(=O)Nc2nncs2)C1. The van der Waals surface area contributed by atoms with Crippen LogP contribution >= 0.6 is 11.3 Å². The van der Waals surface area contributed by atoms with E-state index in [4.69, 9.17) is 5.73 Å². The van der Waals surface area contributed by atoms with Crippen molar-refractivity contribution in [2.24, 2.45) is 5.92 Å². The Morgan fingerprint density at radius 3 is 2.91 bits per heavy atom. The van der Waals surface area contributed by atoms with Crippen molar-refractivity contribution in [1.29, 1.82) is 0 Å². The molecule has 0 spiro atoms. The van der Waals surface area contributed by atoms with E-state index in [0.717, 1.165) is 6.42 Å². The average molecular weight is 333 g/mol. The lowest BCUT2D eigenvalue weighted by Gasteiger charge is -2.31. The second kappa shape index (κ2) is 6.65. The van der Waals surface area contributed by atoms with Crippen LogP contribution in [-0.2, 0) is 4.79 Å². The fourth-order valence-corrected chi connectivity index (χ4v) is 2.92. The van der Waals surface area contributed by atoms with Crippen LogP contribution < -0.4 is 11.1 Å². The quantitative estimate of drug-likeness (QED) is 0.832. The van der Waals surface area contributed by atoms with Gasteiger partial charge in [-0.3, -0.25) is 9.59 Å². The van der Waals surface area contributed by atoms with E-state index in [0.29, 0.717) is 24.6 Å². The molecule has 0 bridgehead atoms. The van der Waals surface area contributed by atoms with E-state index in [1.165, 1.54) is 23.7 Å². The molecule has 1 fully saturated rings. The molecule has 2 aromatic heterocycles. The third kappa shape index (κ3) is 3.42. The highest BCUT2D eigenvalue weighted by molar-refractivity contribution is 7.13. The summed E-state index contributed by atoms with van der Waals surface area (Å²) in [6, 6.07) is 0. The van der Waals surface area contributed by atoms with Crippen LogP contribution in [0, 0.1) is 5.92 Å². The zero-order chi connectivity index (χ0) is 16.2. The Morgan fingerprint density at radius 1 is 1.35 bits per heavy atom. The number of rotatable bonds is 3. The highest BCUT2D eigenvalue weighted by Gasteiger charge is 2.30. The molecule has 120 valence electrons. The molecule has 3 heterocycles. The van der Waals surface area contributed by atoms with Gasteiger partial charge in [0.25, 0.3) is 5.91 Å². The lowest BCUT2D eigenvalue weighted by atomic mass is 9.97. The number of hydrogen-bond acceptors (Lipinski definition) is 8. The number of carbonyl (C=O) groups excluding carboxylic acids is 2.